The van der Waals surface area contributed by atoms with Crippen molar-refractivity contribution in [1.29, 1.82) is 0 Å². The number of benzene rings is 2. The number of pyridine rings is 1. The highest BCUT2D eigenvalue weighted by Gasteiger charge is 2.61. The minimum Gasteiger partial charge on any atom is -0.481 e. The maximum Gasteiger partial charge on any atom is 0.408 e. The summed E-state index contributed by atoms with van der Waals surface area (Å²) in [4.78, 5) is 59.8. The van der Waals surface area contributed by atoms with Crippen LogP contribution in [-0.2, 0) is 19.1 Å². The van der Waals surface area contributed by atoms with E-state index < -0.39 is 53.0 Å². The quantitative estimate of drug-likeness (QED) is 0.245. The molecule has 0 spiro atoms. The fourth-order valence-corrected chi connectivity index (χ4v) is 7.07. The number of hydrogen-bond donors (Lipinski definition) is 2. The predicted octanol–water partition coefficient (Wildman–Crippen LogP) is 6.34. The van der Waals surface area contributed by atoms with Crippen molar-refractivity contribution in [3.05, 3.63) is 60.4 Å². The summed E-state index contributed by atoms with van der Waals surface area (Å²) in [6, 6.07) is 9.91. The van der Waals surface area contributed by atoms with Crippen LogP contribution in [0.1, 0.15) is 72.1 Å². The van der Waals surface area contributed by atoms with Crippen molar-refractivity contribution in [3.8, 4) is 5.88 Å². The van der Waals surface area contributed by atoms with Crippen molar-refractivity contribution in [2.24, 2.45) is 11.3 Å². The van der Waals surface area contributed by atoms with Gasteiger partial charge in [-0.3, -0.25) is 14.4 Å². The zero-order chi connectivity index (χ0) is 34.2. The number of aliphatic carboxylic acids is 1. The molecule has 0 bridgehead atoms. The van der Waals surface area contributed by atoms with Crippen LogP contribution in [-0.4, -0.2) is 69.1 Å². The predicted molar refractivity (Wildman–Crippen MR) is 177 cm³/mol. The van der Waals surface area contributed by atoms with Gasteiger partial charge in [-0.15, -0.1) is 0 Å². The number of halogens is 1. The van der Waals surface area contributed by atoms with Gasteiger partial charge < -0.3 is 24.8 Å². The van der Waals surface area contributed by atoms with Gasteiger partial charge >= 0.3 is 12.1 Å². The van der Waals surface area contributed by atoms with Crippen LogP contribution in [0.5, 0.6) is 5.88 Å². The average Bonchev–Trinajstić information content (AvgIpc) is 3.56. The second kappa shape index (κ2) is 13.2. The van der Waals surface area contributed by atoms with Crippen LogP contribution >= 0.6 is 0 Å². The number of carbonyl (C=O) groups is 4. The SMILES string of the molecule is CC(C)(C)OC(=O)N[C@H]1CCCCC/C=C\[C@@H]2C[C@@]2(C(=O)O)CC(=O)[C@@H]2C[C@@H](Oc3nc4cc(F)ccc4c4ccccc34)CN2C1=O. The van der Waals surface area contributed by atoms with Crippen molar-refractivity contribution >= 4 is 45.4 Å². The van der Waals surface area contributed by atoms with E-state index in [1.54, 1.807) is 26.8 Å². The number of allylic oxidation sites excluding steroid dienone is 2. The molecule has 3 aliphatic rings. The average molecular weight is 660 g/mol. The Balaban J connectivity index is 1.33. The Kier molecular flexibility index (Phi) is 9.15. The number of carbonyl (C=O) groups excluding carboxylic acids is 3. The molecule has 6 rings (SSSR count). The molecule has 3 heterocycles. The number of nitrogens with zero attached hydrogens (tertiary/aromatic N) is 2. The van der Waals surface area contributed by atoms with E-state index in [2.05, 4.69) is 10.3 Å². The molecule has 11 heteroatoms. The number of alkyl carbamates (subject to hydrolysis) is 1. The number of carboxylic acids is 1. The summed E-state index contributed by atoms with van der Waals surface area (Å²) < 4.78 is 26.1. The van der Waals surface area contributed by atoms with E-state index in [0.29, 0.717) is 30.2 Å². The minimum absolute atomic E-state index is 0.0162. The lowest BCUT2D eigenvalue weighted by molar-refractivity contribution is -0.147. The summed E-state index contributed by atoms with van der Waals surface area (Å²) in [5.74, 6) is -2.29. The first-order valence-electron chi connectivity index (χ1n) is 16.7. The fraction of sp³-hybridized carbons (Fsp3) is 0.486. The number of carboxylic acid groups (broad SMARTS) is 1. The number of fused-ring (bicyclic) bond motifs is 5. The zero-order valence-electron chi connectivity index (χ0n) is 27.5. The normalized spacial score (nSPS) is 27.4. The summed E-state index contributed by atoms with van der Waals surface area (Å²) >= 11 is 0. The number of ether oxygens (including phenoxy) is 2. The monoisotopic (exact) mass is 659 g/mol. The van der Waals surface area contributed by atoms with Gasteiger partial charge in [-0.05, 0) is 76.0 Å². The molecule has 0 unspecified atom stereocenters. The van der Waals surface area contributed by atoms with Crippen LogP contribution in [0.3, 0.4) is 0 Å². The lowest BCUT2D eigenvalue weighted by atomic mass is 9.92. The summed E-state index contributed by atoms with van der Waals surface area (Å²) in [6.45, 7) is 5.22. The molecule has 3 aromatic rings. The Morgan fingerprint density at radius 1 is 1.06 bits per heavy atom. The van der Waals surface area contributed by atoms with Crippen molar-refractivity contribution in [2.75, 3.05) is 6.54 Å². The fourth-order valence-electron chi connectivity index (χ4n) is 7.07. The lowest BCUT2D eigenvalue weighted by Crippen LogP contribution is -2.52. The smallest absolute Gasteiger partial charge is 0.408 e. The Morgan fingerprint density at radius 2 is 1.83 bits per heavy atom. The van der Waals surface area contributed by atoms with Gasteiger partial charge in [0.15, 0.2) is 5.78 Å². The summed E-state index contributed by atoms with van der Waals surface area (Å²) in [5.41, 5.74) is -1.59. The van der Waals surface area contributed by atoms with E-state index >= 15 is 0 Å². The van der Waals surface area contributed by atoms with Gasteiger partial charge in [0.05, 0.1) is 23.5 Å². The standard InChI is InChI=1S/C37H42FN3O7/c1-36(2,3)48-35(46)40-28-14-8-6-4-5-7-11-22-19-37(22,34(44)45)20-31(42)30-18-24(21-41(30)33(28)43)47-32-27-13-10-9-12-25(27)26-16-15-23(38)17-29(26)39-32/h7,9-13,15-17,22,24,28,30H,4-6,8,14,18-21H2,1-3H3,(H,40,46)(H,44,45)/b11-7-/t22-,24-,28+,30+,37-/m1/s1. The van der Waals surface area contributed by atoms with Crippen LogP contribution in [0.2, 0.25) is 0 Å². The molecule has 1 saturated carbocycles. The zero-order valence-corrected chi connectivity index (χ0v) is 27.5. The maximum atomic E-state index is 14.3. The van der Waals surface area contributed by atoms with Crippen LogP contribution < -0.4 is 10.1 Å². The van der Waals surface area contributed by atoms with E-state index in [9.17, 15) is 28.7 Å². The molecular formula is C37H42FN3O7. The van der Waals surface area contributed by atoms with Crippen molar-refractivity contribution in [1.82, 2.24) is 15.2 Å². The molecule has 10 nitrogen and oxygen atoms in total. The van der Waals surface area contributed by atoms with E-state index in [1.807, 2.05) is 36.4 Å². The van der Waals surface area contributed by atoms with Crippen LogP contribution in [0, 0.1) is 17.2 Å². The first-order chi connectivity index (χ1) is 22.8. The van der Waals surface area contributed by atoms with Crippen molar-refractivity contribution in [3.63, 3.8) is 0 Å². The van der Waals surface area contributed by atoms with Gasteiger partial charge in [-0.1, -0.05) is 43.2 Å². The van der Waals surface area contributed by atoms with Crippen LogP contribution in [0.4, 0.5) is 9.18 Å². The number of Topliss-reactive ketones (excluding diaryl/α,β-unsaturated/α-hetero) is 1. The molecule has 48 heavy (non-hydrogen) atoms. The highest BCUT2D eigenvalue weighted by atomic mass is 19.1. The number of rotatable bonds is 4. The van der Waals surface area contributed by atoms with Crippen LogP contribution in [0.15, 0.2) is 54.6 Å². The van der Waals surface area contributed by atoms with Gasteiger partial charge in [0.25, 0.3) is 0 Å². The molecule has 5 atom stereocenters. The molecule has 254 valence electrons. The van der Waals surface area contributed by atoms with E-state index in [-0.39, 0.29) is 37.0 Å². The highest BCUT2D eigenvalue weighted by Crippen LogP contribution is 2.57. The molecule has 2 amide bonds. The third-order valence-corrected chi connectivity index (χ3v) is 9.60. The second-order valence-electron chi connectivity index (χ2n) is 14.3. The summed E-state index contributed by atoms with van der Waals surface area (Å²) in [6.07, 6.45) is 6.12. The van der Waals surface area contributed by atoms with Gasteiger partial charge in [0, 0.05) is 29.7 Å². The molecule has 2 aromatic carbocycles. The Hall–Kier alpha value is -4.54. The lowest BCUT2D eigenvalue weighted by Gasteiger charge is -2.30. The molecule has 2 fully saturated rings. The van der Waals surface area contributed by atoms with Crippen molar-refractivity contribution in [2.45, 2.75) is 95.9 Å². The van der Waals surface area contributed by atoms with Gasteiger partial charge in [-0.2, -0.15) is 0 Å². The third-order valence-electron chi connectivity index (χ3n) is 9.60. The number of amides is 2. The first kappa shape index (κ1) is 33.4. The third kappa shape index (κ3) is 7.00. The van der Waals surface area contributed by atoms with Crippen LogP contribution in [0.25, 0.3) is 21.7 Å². The first-order valence-corrected chi connectivity index (χ1v) is 16.7. The van der Waals surface area contributed by atoms with E-state index in [4.69, 9.17) is 9.47 Å². The maximum absolute atomic E-state index is 14.3. The summed E-state index contributed by atoms with van der Waals surface area (Å²) in [5, 5.41) is 15.2. The largest absolute Gasteiger partial charge is 0.481 e. The molecule has 1 aromatic heterocycles. The Morgan fingerprint density at radius 3 is 2.58 bits per heavy atom. The van der Waals surface area contributed by atoms with Gasteiger partial charge in [0.1, 0.15) is 23.6 Å². The molecule has 0 radical (unpaired) electrons. The molecule has 1 aliphatic carbocycles. The summed E-state index contributed by atoms with van der Waals surface area (Å²) in [7, 11) is 0. The Bertz CT molecular complexity index is 1790. The van der Waals surface area contributed by atoms with E-state index in [1.165, 1.54) is 17.0 Å². The van der Waals surface area contributed by atoms with Gasteiger partial charge in [0.2, 0.25) is 11.8 Å². The Labute approximate surface area is 278 Å². The number of aromatic nitrogens is 1. The van der Waals surface area contributed by atoms with E-state index in [0.717, 1.165) is 30.0 Å². The number of nitrogens with one attached hydrogen (secondary N) is 1. The second-order valence-corrected chi connectivity index (χ2v) is 14.3. The number of ketones is 1. The molecule has 2 N–H and O–H groups in total. The highest BCUT2D eigenvalue weighted by molar-refractivity contribution is 6.07. The van der Waals surface area contributed by atoms with Gasteiger partial charge in [-0.25, -0.2) is 14.2 Å². The molecule has 2 aliphatic heterocycles. The molecule has 1 saturated heterocycles. The topological polar surface area (TPSA) is 135 Å². The minimum atomic E-state index is -1.21. The van der Waals surface area contributed by atoms with Crippen molar-refractivity contribution < 1.29 is 38.1 Å². The molecular weight excluding hydrogens is 617 g/mol. The number of hydrogen-bond acceptors (Lipinski definition) is 7.